The Labute approximate surface area is 147 Å². The third-order valence-corrected chi connectivity index (χ3v) is 4.46. The largest absolute Gasteiger partial charge is 0.497 e. The molecule has 1 aromatic carbocycles. The van der Waals surface area contributed by atoms with Crippen LogP contribution in [0.4, 0.5) is 5.69 Å². The average molecular weight is 341 g/mol. The number of rotatable bonds is 3. The molecule has 1 aliphatic heterocycles. The normalized spacial score (nSPS) is 13.0. The number of hydrogen-bond acceptors (Lipinski definition) is 5. The van der Waals surface area contributed by atoms with Crippen LogP contribution in [0.3, 0.4) is 0 Å². The van der Waals surface area contributed by atoms with E-state index in [1.807, 2.05) is 29.8 Å². The van der Waals surface area contributed by atoms with E-state index in [1.165, 1.54) is 5.57 Å². The first-order chi connectivity index (χ1) is 12.0. The minimum absolute atomic E-state index is 0.328. The van der Waals surface area contributed by atoms with Gasteiger partial charge in [0.05, 0.1) is 30.8 Å². The van der Waals surface area contributed by atoms with E-state index in [0.29, 0.717) is 18.7 Å². The van der Waals surface area contributed by atoms with E-state index in [9.17, 15) is 4.79 Å². The van der Waals surface area contributed by atoms with Gasteiger partial charge in [0.15, 0.2) is 5.69 Å². The number of esters is 1. The molecule has 25 heavy (non-hydrogen) atoms. The van der Waals surface area contributed by atoms with Gasteiger partial charge in [-0.1, -0.05) is 5.57 Å². The minimum atomic E-state index is -0.385. The highest BCUT2D eigenvalue weighted by atomic mass is 16.5. The van der Waals surface area contributed by atoms with Crippen LogP contribution in [0.5, 0.6) is 5.75 Å². The molecule has 3 rings (SSSR count). The molecular formula is C19H23N3O3. The van der Waals surface area contributed by atoms with Crippen LogP contribution in [0.15, 0.2) is 35.8 Å². The summed E-state index contributed by atoms with van der Waals surface area (Å²) in [6, 6.07) is 5.89. The molecule has 0 aliphatic carbocycles. The van der Waals surface area contributed by atoms with Crippen molar-refractivity contribution in [2.24, 2.45) is 0 Å². The molecular weight excluding hydrogens is 318 g/mol. The first-order valence-electron chi connectivity index (χ1n) is 8.29. The maximum atomic E-state index is 12.3. The smallest absolute Gasteiger partial charge is 0.358 e. The van der Waals surface area contributed by atoms with Gasteiger partial charge in [0, 0.05) is 25.2 Å². The summed E-state index contributed by atoms with van der Waals surface area (Å²) in [6.45, 7) is 6.27. The van der Waals surface area contributed by atoms with Crippen molar-refractivity contribution in [1.82, 2.24) is 9.55 Å². The van der Waals surface area contributed by atoms with Crippen molar-refractivity contribution in [3.05, 3.63) is 47.2 Å². The number of benzene rings is 1. The number of carbonyl (C=O) groups excluding carboxylic acids is 1. The number of fused-ring (bicyclic) bond motifs is 3. The van der Waals surface area contributed by atoms with Crippen LogP contribution < -0.4 is 9.64 Å². The molecule has 0 bridgehead atoms. The molecule has 0 N–H and O–H groups in total. The highest BCUT2D eigenvalue weighted by Gasteiger charge is 2.28. The Kier molecular flexibility index (Phi) is 4.53. The summed E-state index contributed by atoms with van der Waals surface area (Å²) in [7, 11) is 3.69. The van der Waals surface area contributed by atoms with Crippen molar-refractivity contribution >= 4 is 11.7 Å². The number of hydrogen-bond donors (Lipinski definition) is 0. The summed E-state index contributed by atoms with van der Waals surface area (Å²) in [5.41, 5.74) is 5.47. The van der Waals surface area contributed by atoms with Crippen molar-refractivity contribution < 1.29 is 14.3 Å². The van der Waals surface area contributed by atoms with Crippen LogP contribution >= 0.6 is 0 Å². The van der Waals surface area contributed by atoms with Crippen LogP contribution in [0.2, 0.25) is 0 Å². The lowest BCUT2D eigenvalue weighted by Gasteiger charge is -2.24. The monoisotopic (exact) mass is 341 g/mol. The molecule has 0 spiro atoms. The maximum Gasteiger partial charge on any atom is 0.358 e. The van der Waals surface area contributed by atoms with Gasteiger partial charge in [-0.3, -0.25) is 4.57 Å². The summed E-state index contributed by atoms with van der Waals surface area (Å²) in [5, 5.41) is 0. The van der Waals surface area contributed by atoms with Crippen LogP contribution in [0.1, 0.15) is 37.0 Å². The van der Waals surface area contributed by atoms with Crippen molar-refractivity contribution in [2.75, 3.05) is 25.7 Å². The summed E-state index contributed by atoms with van der Waals surface area (Å²) >= 11 is 0. The van der Waals surface area contributed by atoms with Crippen molar-refractivity contribution in [3.63, 3.8) is 0 Å². The molecule has 0 atom stereocenters. The Morgan fingerprint density at radius 3 is 2.68 bits per heavy atom. The van der Waals surface area contributed by atoms with Crippen LogP contribution in [-0.4, -0.2) is 36.3 Å². The van der Waals surface area contributed by atoms with Gasteiger partial charge in [0.25, 0.3) is 0 Å². The van der Waals surface area contributed by atoms with E-state index in [1.54, 1.807) is 20.4 Å². The number of anilines is 1. The summed E-state index contributed by atoms with van der Waals surface area (Å²) in [5.74, 6) is 0.400. The van der Waals surface area contributed by atoms with Crippen LogP contribution in [0.25, 0.3) is 5.69 Å². The molecule has 2 aromatic rings. The number of allylic oxidation sites excluding steroid dienone is 2. The van der Waals surface area contributed by atoms with E-state index in [2.05, 4.69) is 23.7 Å². The first kappa shape index (κ1) is 17.1. The van der Waals surface area contributed by atoms with E-state index in [-0.39, 0.29) is 5.97 Å². The fourth-order valence-electron chi connectivity index (χ4n) is 3.16. The summed E-state index contributed by atoms with van der Waals surface area (Å²) < 4.78 is 12.5. The van der Waals surface area contributed by atoms with E-state index >= 15 is 0 Å². The number of aromatic nitrogens is 2. The molecule has 1 aromatic heterocycles. The maximum absolute atomic E-state index is 12.3. The van der Waals surface area contributed by atoms with Crippen LogP contribution in [0, 0.1) is 0 Å². The first-order valence-corrected chi connectivity index (χ1v) is 8.29. The Morgan fingerprint density at radius 1 is 1.28 bits per heavy atom. The molecule has 0 saturated heterocycles. The lowest BCUT2D eigenvalue weighted by Crippen LogP contribution is -2.19. The van der Waals surface area contributed by atoms with E-state index < -0.39 is 0 Å². The van der Waals surface area contributed by atoms with Gasteiger partial charge in [0.2, 0.25) is 0 Å². The number of methoxy groups -OCH3 is 1. The SMILES string of the molecule is CCOC(=O)c1ncn2c1CC(=C(C)C)N(C)c1cc(OC)ccc1-2. The fourth-order valence-corrected chi connectivity index (χ4v) is 3.16. The quantitative estimate of drug-likeness (QED) is 0.802. The van der Waals surface area contributed by atoms with Gasteiger partial charge >= 0.3 is 5.97 Å². The number of imidazole rings is 1. The third-order valence-electron chi connectivity index (χ3n) is 4.46. The zero-order valence-corrected chi connectivity index (χ0v) is 15.3. The van der Waals surface area contributed by atoms with E-state index in [0.717, 1.165) is 28.5 Å². The molecule has 2 heterocycles. The van der Waals surface area contributed by atoms with Gasteiger partial charge in [-0.2, -0.15) is 0 Å². The van der Waals surface area contributed by atoms with Gasteiger partial charge in [-0.25, -0.2) is 9.78 Å². The zero-order chi connectivity index (χ0) is 18.1. The Bertz CT molecular complexity index is 848. The topological polar surface area (TPSA) is 56.6 Å². The number of carbonyl (C=O) groups is 1. The number of likely N-dealkylation sites (N-methyl/N-ethyl adjacent to an activating group) is 1. The summed E-state index contributed by atoms with van der Waals surface area (Å²) in [4.78, 5) is 18.8. The Morgan fingerprint density at radius 2 is 2.04 bits per heavy atom. The second-order valence-electron chi connectivity index (χ2n) is 6.17. The van der Waals surface area contributed by atoms with Crippen molar-refractivity contribution in [2.45, 2.75) is 27.2 Å². The number of ether oxygens (including phenoxy) is 2. The van der Waals surface area contributed by atoms with Crippen molar-refractivity contribution in [1.29, 1.82) is 0 Å². The average Bonchev–Trinajstić information content (AvgIpc) is 2.97. The third kappa shape index (κ3) is 2.88. The van der Waals surface area contributed by atoms with Gasteiger partial charge in [-0.05, 0) is 32.9 Å². The predicted molar refractivity (Wildman–Crippen MR) is 96.6 cm³/mol. The molecule has 0 amide bonds. The lowest BCUT2D eigenvalue weighted by molar-refractivity contribution is 0.0519. The molecule has 0 saturated carbocycles. The molecule has 132 valence electrons. The lowest BCUT2D eigenvalue weighted by atomic mass is 10.1. The molecule has 0 fully saturated rings. The van der Waals surface area contributed by atoms with E-state index in [4.69, 9.17) is 9.47 Å². The number of nitrogens with zero attached hydrogens (tertiary/aromatic N) is 3. The summed E-state index contributed by atoms with van der Waals surface area (Å²) in [6.07, 6.45) is 2.29. The molecule has 1 aliphatic rings. The highest BCUT2D eigenvalue weighted by molar-refractivity contribution is 5.89. The Hall–Kier alpha value is -2.76. The molecule has 0 unspecified atom stereocenters. The van der Waals surface area contributed by atoms with Crippen molar-refractivity contribution in [3.8, 4) is 11.4 Å². The zero-order valence-electron chi connectivity index (χ0n) is 15.3. The van der Waals surface area contributed by atoms with Gasteiger partial charge in [-0.15, -0.1) is 0 Å². The highest BCUT2D eigenvalue weighted by Crippen LogP contribution is 2.37. The van der Waals surface area contributed by atoms with Gasteiger partial charge < -0.3 is 14.4 Å². The Balaban J connectivity index is 2.25. The molecule has 6 nitrogen and oxygen atoms in total. The molecule has 6 heteroatoms. The standard InChI is InChI=1S/C19H23N3O3/c1-6-25-19(23)18-17-10-15(12(2)3)21(4)16-9-13(24-5)7-8-14(16)22(17)11-20-18/h7-9,11H,6,10H2,1-5H3. The van der Waals surface area contributed by atoms with Crippen LogP contribution in [-0.2, 0) is 11.2 Å². The molecule has 0 radical (unpaired) electrons. The second kappa shape index (κ2) is 6.63. The second-order valence-corrected chi connectivity index (χ2v) is 6.17. The minimum Gasteiger partial charge on any atom is -0.497 e. The fraction of sp³-hybridized carbons (Fsp3) is 0.368. The van der Waals surface area contributed by atoms with Gasteiger partial charge in [0.1, 0.15) is 12.1 Å². The predicted octanol–water partition coefficient (Wildman–Crippen LogP) is 3.34.